The first-order chi connectivity index (χ1) is 14.6. The molecule has 2 aliphatic rings. The van der Waals surface area contributed by atoms with Crippen LogP contribution in [0.2, 0.25) is 0 Å². The standard InChI is InChI=1S/C27H36O4/c1-7-25(8-2)15(5)27(17-11-13-19(28)23(30)21(17)25)16(6)26(9-3,10-4)22-18(27)12-14-20(29)24(22)31/h11-16,28-31H,7-10H2,1-6H3. The van der Waals surface area contributed by atoms with E-state index in [9.17, 15) is 20.4 Å². The number of phenolic OH excluding ortho intramolecular Hbond substituents is 4. The maximum absolute atomic E-state index is 11.1. The highest BCUT2D eigenvalue weighted by atomic mass is 16.3. The molecule has 0 amide bonds. The molecule has 0 aromatic heterocycles. The minimum absolute atomic E-state index is 0.00725. The van der Waals surface area contributed by atoms with Crippen molar-refractivity contribution in [2.24, 2.45) is 11.8 Å². The van der Waals surface area contributed by atoms with E-state index in [-0.39, 0.29) is 45.7 Å². The second kappa shape index (κ2) is 6.82. The van der Waals surface area contributed by atoms with Crippen molar-refractivity contribution in [1.29, 1.82) is 0 Å². The van der Waals surface area contributed by atoms with Crippen LogP contribution in [0.25, 0.3) is 0 Å². The summed E-state index contributed by atoms with van der Waals surface area (Å²) in [4.78, 5) is 0. The number of aromatic hydroxyl groups is 4. The van der Waals surface area contributed by atoms with Gasteiger partial charge in [-0.2, -0.15) is 0 Å². The Morgan fingerprint density at radius 1 is 0.613 bits per heavy atom. The fourth-order valence-electron chi connectivity index (χ4n) is 8.05. The molecule has 0 radical (unpaired) electrons. The number of phenols is 4. The molecule has 1 spiro atoms. The molecule has 0 bridgehead atoms. The van der Waals surface area contributed by atoms with Gasteiger partial charge >= 0.3 is 0 Å². The summed E-state index contributed by atoms with van der Waals surface area (Å²) in [5.74, 6) is 0.0991. The van der Waals surface area contributed by atoms with Gasteiger partial charge in [0, 0.05) is 27.4 Å². The van der Waals surface area contributed by atoms with Crippen LogP contribution in [-0.4, -0.2) is 20.4 Å². The Bertz CT molecular complexity index is 947. The molecule has 0 heterocycles. The van der Waals surface area contributed by atoms with Gasteiger partial charge in [0.25, 0.3) is 0 Å². The Labute approximate surface area is 185 Å². The molecule has 4 heteroatoms. The van der Waals surface area contributed by atoms with Crippen LogP contribution in [0, 0.1) is 11.8 Å². The van der Waals surface area contributed by atoms with Crippen molar-refractivity contribution in [3.05, 3.63) is 46.5 Å². The van der Waals surface area contributed by atoms with E-state index in [4.69, 9.17) is 0 Å². The molecule has 4 nitrogen and oxygen atoms in total. The van der Waals surface area contributed by atoms with Crippen LogP contribution in [-0.2, 0) is 16.2 Å². The third kappa shape index (κ3) is 2.16. The molecule has 2 aromatic rings. The van der Waals surface area contributed by atoms with Gasteiger partial charge in [-0.15, -0.1) is 0 Å². The van der Waals surface area contributed by atoms with E-state index >= 15 is 0 Å². The number of rotatable bonds is 4. The van der Waals surface area contributed by atoms with Gasteiger partial charge in [0.15, 0.2) is 23.0 Å². The number of benzene rings is 2. The van der Waals surface area contributed by atoms with Gasteiger partial charge in [-0.25, -0.2) is 0 Å². The number of hydrogen-bond acceptors (Lipinski definition) is 4. The molecule has 2 aromatic carbocycles. The first-order valence-electron chi connectivity index (χ1n) is 11.8. The fraction of sp³-hybridized carbons (Fsp3) is 0.556. The van der Waals surface area contributed by atoms with Crippen molar-refractivity contribution < 1.29 is 20.4 Å². The molecule has 2 aliphatic carbocycles. The molecular formula is C27H36O4. The lowest BCUT2D eigenvalue weighted by atomic mass is 9.57. The Morgan fingerprint density at radius 2 is 0.935 bits per heavy atom. The molecule has 0 aliphatic heterocycles. The highest BCUT2D eigenvalue weighted by molar-refractivity contribution is 5.70. The Morgan fingerprint density at radius 3 is 1.23 bits per heavy atom. The molecular weight excluding hydrogens is 388 g/mol. The predicted octanol–water partition coefficient (Wildman–Crippen LogP) is 6.21. The SMILES string of the molecule is CCC1(CC)c2c(ccc(O)c2O)C2(c3ccc(O)c(O)c3C(CC)(CC)C2C)C1C. The average Bonchev–Trinajstić information content (AvgIpc) is 3.14. The van der Waals surface area contributed by atoms with Crippen molar-refractivity contribution in [2.45, 2.75) is 83.5 Å². The molecule has 4 rings (SSSR count). The molecule has 31 heavy (non-hydrogen) atoms. The fourth-order valence-corrected chi connectivity index (χ4v) is 8.05. The zero-order valence-electron chi connectivity index (χ0n) is 19.6. The minimum atomic E-state index is -0.431. The van der Waals surface area contributed by atoms with Gasteiger partial charge in [0.05, 0.1) is 0 Å². The average molecular weight is 425 g/mol. The lowest BCUT2D eigenvalue weighted by Crippen LogP contribution is -2.45. The van der Waals surface area contributed by atoms with E-state index in [0.717, 1.165) is 47.9 Å². The lowest BCUT2D eigenvalue weighted by Gasteiger charge is -2.46. The Kier molecular flexibility index (Phi) is 4.81. The normalized spacial score (nSPS) is 27.4. The molecule has 0 saturated carbocycles. The molecule has 0 saturated heterocycles. The van der Waals surface area contributed by atoms with Crippen LogP contribution < -0.4 is 0 Å². The van der Waals surface area contributed by atoms with Gasteiger partial charge in [-0.3, -0.25) is 0 Å². The summed E-state index contributed by atoms with van der Waals surface area (Å²) in [6.45, 7) is 13.2. The van der Waals surface area contributed by atoms with E-state index in [2.05, 4.69) is 41.5 Å². The molecule has 168 valence electrons. The Hall–Kier alpha value is -2.36. The minimum Gasteiger partial charge on any atom is -0.504 e. The molecule has 2 unspecified atom stereocenters. The van der Waals surface area contributed by atoms with Gasteiger partial charge in [-0.05, 0) is 60.8 Å². The van der Waals surface area contributed by atoms with Crippen molar-refractivity contribution in [3.63, 3.8) is 0 Å². The number of hydrogen-bond donors (Lipinski definition) is 4. The van der Waals surface area contributed by atoms with Crippen molar-refractivity contribution >= 4 is 0 Å². The zero-order valence-corrected chi connectivity index (χ0v) is 19.6. The van der Waals surface area contributed by atoms with Crippen molar-refractivity contribution in [1.82, 2.24) is 0 Å². The predicted molar refractivity (Wildman–Crippen MR) is 123 cm³/mol. The van der Waals surface area contributed by atoms with Crippen LogP contribution in [0.5, 0.6) is 23.0 Å². The summed E-state index contributed by atoms with van der Waals surface area (Å²) in [7, 11) is 0. The monoisotopic (exact) mass is 424 g/mol. The summed E-state index contributed by atoms with van der Waals surface area (Å²) >= 11 is 0. The van der Waals surface area contributed by atoms with Crippen LogP contribution in [0.1, 0.15) is 89.5 Å². The van der Waals surface area contributed by atoms with Crippen LogP contribution in [0.15, 0.2) is 24.3 Å². The highest BCUT2D eigenvalue weighted by Gasteiger charge is 2.68. The Balaban J connectivity index is 2.22. The van der Waals surface area contributed by atoms with E-state index in [1.54, 1.807) is 12.1 Å². The van der Waals surface area contributed by atoms with E-state index < -0.39 is 5.41 Å². The smallest absolute Gasteiger partial charge is 0.161 e. The van der Waals surface area contributed by atoms with Gasteiger partial charge in [0.2, 0.25) is 0 Å². The summed E-state index contributed by atoms with van der Waals surface area (Å²) in [5, 5.41) is 43.1. The maximum atomic E-state index is 11.1. The second-order valence-electron chi connectivity index (χ2n) is 9.75. The van der Waals surface area contributed by atoms with E-state index in [1.807, 2.05) is 12.1 Å². The topological polar surface area (TPSA) is 80.9 Å². The van der Waals surface area contributed by atoms with Gasteiger partial charge in [0.1, 0.15) is 0 Å². The first kappa shape index (κ1) is 21.9. The quantitative estimate of drug-likeness (QED) is 0.440. The largest absolute Gasteiger partial charge is 0.504 e. The van der Waals surface area contributed by atoms with Crippen LogP contribution in [0.4, 0.5) is 0 Å². The van der Waals surface area contributed by atoms with Gasteiger partial charge < -0.3 is 20.4 Å². The highest BCUT2D eigenvalue weighted by Crippen LogP contribution is 2.73. The van der Waals surface area contributed by atoms with Crippen molar-refractivity contribution in [3.8, 4) is 23.0 Å². The zero-order chi connectivity index (χ0) is 22.9. The van der Waals surface area contributed by atoms with Crippen molar-refractivity contribution in [2.75, 3.05) is 0 Å². The first-order valence-corrected chi connectivity index (χ1v) is 11.8. The summed E-state index contributed by atoms with van der Waals surface area (Å²) < 4.78 is 0. The molecule has 4 N–H and O–H groups in total. The summed E-state index contributed by atoms with van der Waals surface area (Å²) in [6, 6.07) is 7.18. The summed E-state index contributed by atoms with van der Waals surface area (Å²) in [6.07, 6.45) is 3.36. The van der Waals surface area contributed by atoms with Crippen LogP contribution in [0.3, 0.4) is 0 Å². The maximum Gasteiger partial charge on any atom is 0.161 e. The molecule has 0 fully saturated rings. The van der Waals surface area contributed by atoms with Gasteiger partial charge in [-0.1, -0.05) is 53.7 Å². The van der Waals surface area contributed by atoms with Crippen LogP contribution >= 0.6 is 0 Å². The number of fused-ring (bicyclic) bond motifs is 4. The molecule has 2 atom stereocenters. The lowest BCUT2D eigenvalue weighted by molar-refractivity contribution is 0.128. The third-order valence-corrected chi connectivity index (χ3v) is 9.75. The van der Waals surface area contributed by atoms with E-state index in [1.165, 1.54) is 0 Å². The second-order valence-corrected chi connectivity index (χ2v) is 9.75. The third-order valence-electron chi connectivity index (χ3n) is 9.75. The van der Waals surface area contributed by atoms with E-state index in [0.29, 0.717) is 0 Å². The summed E-state index contributed by atoms with van der Waals surface area (Å²) in [5.41, 5.74) is 2.81.